The number of nitrogens with zero attached hydrogens (tertiary/aromatic N) is 1. The monoisotopic (exact) mass is 280 g/mol. The van der Waals surface area contributed by atoms with Gasteiger partial charge in [0, 0.05) is 11.3 Å². The fourth-order valence-electron chi connectivity index (χ4n) is 2.67. The number of benzene rings is 2. The molecule has 0 heterocycles. The summed E-state index contributed by atoms with van der Waals surface area (Å²) in [5.74, 6) is -0.118. The Bertz CT molecular complexity index is 722. The third kappa shape index (κ3) is 2.40. The smallest absolute Gasteiger partial charge is 0.232 e. The number of carbonyl (C=O) groups excluding carboxylic acids is 1. The maximum atomic E-state index is 12.4. The molecule has 0 aromatic heterocycles. The molecule has 1 atom stereocenters. The molecule has 3 rings (SSSR count). The summed E-state index contributed by atoms with van der Waals surface area (Å²) in [5, 5.41) is 15.1. The summed E-state index contributed by atoms with van der Waals surface area (Å²) in [6, 6.07) is 15.3. The summed E-state index contributed by atoms with van der Waals surface area (Å²) < 4.78 is 0. The van der Waals surface area contributed by atoms with Gasteiger partial charge in [0.05, 0.1) is 11.6 Å². The molecule has 106 valence electrons. The van der Waals surface area contributed by atoms with E-state index in [1.807, 2.05) is 42.5 Å². The predicted octanol–water partition coefficient (Wildman–Crippen LogP) is 3.16. The van der Waals surface area contributed by atoms with Gasteiger partial charge in [-0.25, -0.2) is 0 Å². The molecule has 21 heavy (non-hydrogen) atoms. The van der Waals surface area contributed by atoms with E-state index in [0.29, 0.717) is 11.4 Å². The molecule has 1 aliphatic rings. The van der Waals surface area contributed by atoms with Crippen LogP contribution in [0, 0.1) is 0 Å². The van der Waals surface area contributed by atoms with E-state index in [-0.39, 0.29) is 11.8 Å². The standard InChI is InChI=1S/C17H16N2O2/c1-11(19-21)13-7-4-5-9-16(13)18-17(20)15-10-12-6-2-3-8-14(12)15/h2-9,15,21H,10H2,1H3,(H,18,20). The van der Waals surface area contributed by atoms with Crippen LogP contribution >= 0.6 is 0 Å². The molecule has 1 aliphatic carbocycles. The van der Waals surface area contributed by atoms with Gasteiger partial charge in [-0.3, -0.25) is 4.79 Å². The van der Waals surface area contributed by atoms with Gasteiger partial charge in [-0.2, -0.15) is 0 Å². The molecule has 1 amide bonds. The number of para-hydroxylation sites is 1. The van der Waals surface area contributed by atoms with Crippen molar-refractivity contribution in [3.05, 3.63) is 65.2 Å². The minimum absolute atomic E-state index is 0.0214. The van der Waals surface area contributed by atoms with E-state index in [2.05, 4.69) is 16.5 Å². The van der Waals surface area contributed by atoms with Gasteiger partial charge in [-0.15, -0.1) is 0 Å². The van der Waals surface area contributed by atoms with E-state index in [4.69, 9.17) is 5.21 Å². The lowest BCUT2D eigenvalue weighted by Crippen LogP contribution is -2.30. The topological polar surface area (TPSA) is 61.7 Å². The number of fused-ring (bicyclic) bond motifs is 1. The largest absolute Gasteiger partial charge is 0.411 e. The number of carbonyl (C=O) groups is 1. The Labute approximate surface area is 123 Å². The first-order chi connectivity index (χ1) is 10.2. The number of hydrogen-bond donors (Lipinski definition) is 2. The highest BCUT2D eigenvalue weighted by molar-refractivity contribution is 6.07. The number of amides is 1. The van der Waals surface area contributed by atoms with Crippen LogP contribution in [0.3, 0.4) is 0 Å². The molecule has 2 aromatic carbocycles. The maximum Gasteiger partial charge on any atom is 0.232 e. The van der Waals surface area contributed by atoms with Gasteiger partial charge in [-0.1, -0.05) is 47.6 Å². The molecular weight excluding hydrogens is 264 g/mol. The Morgan fingerprint density at radius 2 is 1.90 bits per heavy atom. The van der Waals surface area contributed by atoms with Crippen molar-refractivity contribution < 1.29 is 10.0 Å². The van der Waals surface area contributed by atoms with Crippen LogP contribution in [-0.2, 0) is 11.2 Å². The maximum absolute atomic E-state index is 12.4. The number of nitrogens with one attached hydrogen (secondary N) is 1. The SMILES string of the molecule is CC(=NO)c1ccccc1NC(=O)C1Cc2ccccc21. The molecule has 0 fully saturated rings. The number of oxime groups is 1. The summed E-state index contributed by atoms with van der Waals surface area (Å²) in [6.45, 7) is 1.70. The second-order valence-corrected chi connectivity index (χ2v) is 5.18. The van der Waals surface area contributed by atoms with Crippen LogP contribution in [0.1, 0.15) is 29.5 Å². The summed E-state index contributed by atoms with van der Waals surface area (Å²) in [5.41, 5.74) is 4.20. The van der Waals surface area contributed by atoms with Gasteiger partial charge >= 0.3 is 0 Å². The zero-order chi connectivity index (χ0) is 14.8. The number of hydrogen-bond acceptors (Lipinski definition) is 3. The minimum Gasteiger partial charge on any atom is -0.411 e. The lowest BCUT2D eigenvalue weighted by atomic mass is 9.77. The third-order valence-electron chi connectivity index (χ3n) is 3.90. The first-order valence-corrected chi connectivity index (χ1v) is 6.87. The van der Waals surface area contributed by atoms with E-state index >= 15 is 0 Å². The van der Waals surface area contributed by atoms with E-state index < -0.39 is 0 Å². The molecule has 0 saturated carbocycles. The normalized spacial score (nSPS) is 16.8. The molecule has 0 saturated heterocycles. The van der Waals surface area contributed by atoms with E-state index in [1.54, 1.807) is 6.92 Å². The predicted molar refractivity (Wildman–Crippen MR) is 82.0 cm³/mol. The van der Waals surface area contributed by atoms with E-state index in [1.165, 1.54) is 5.56 Å². The van der Waals surface area contributed by atoms with Crippen molar-refractivity contribution in [1.29, 1.82) is 0 Å². The molecule has 0 aliphatic heterocycles. The fourth-order valence-corrected chi connectivity index (χ4v) is 2.67. The quantitative estimate of drug-likeness (QED) is 0.515. The van der Waals surface area contributed by atoms with Gasteiger partial charge in [0.2, 0.25) is 5.91 Å². The summed E-state index contributed by atoms with van der Waals surface area (Å²) >= 11 is 0. The fraction of sp³-hybridized carbons (Fsp3) is 0.176. The minimum atomic E-state index is -0.0966. The molecule has 2 N–H and O–H groups in total. The second kappa shape index (κ2) is 5.40. The highest BCUT2D eigenvalue weighted by Crippen LogP contribution is 2.35. The van der Waals surface area contributed by atoms with Gasteiger partial charge in [0.15, 0.2) is 0 Å². The third-order valence-corrected chi connectivity index (χ3v) is 3.90. The van der Waals surface area contributed by atoms with Gasteiger partial charge in [0.1, 0.15) is 0 Å². The first kappa shape index (κ1) is 13.4. The van der Waals surface area contributed by atoms with E-state index in [9.17, 15) is 4.79 Å². The summed E-state index contributed by atoms with van der Waals surface area (Å²) in [7, 11) is 0. The molecular formula is C17H16N2O2. The average molecular weight is 280 g/mol. The van der Waals surface area contributed by atoms with Crippen molar-refractivity contribution >= 4 is 17.3 Å². The lowest BCUT2D eigenvalue weighted by molar-refractivity contribution is -0.118. The van der Waals surface area contributed by atoms with Crippen LogP contribution < -0.4 is 5.32 Å². The second-order valence-electron chi connectivity index (χ2n) is 5.18. The van der Waals surface area contributed by atoms with Crippen molar-refractivity contribution in [3.63, 3.8) is 0 Å². The Morgan fingerprint density at radius 1 is 1.19 bits per heavy atom. The van der Waals surface area contributed by atoms with Gasteiger partial charge < -0.3 is 10.5 Å². The van der Waals surface area contributed by atoms with Crippen LogP contribution in [0.5, 0.6) is 0 Å². The molecule has 2 aromatic rings. The van der Waals surface area contributed by atoms with E-state index in [0.717, 1.165) is 17.5 Å². The Kier molecular flexibility index (Phi) is 3.44. The van der Waals surface area contributed by atoms with Crippen molar-refractivity contribution in [2.45, 2.75) is 19.3 Å². The molecule has 0 bridgehead atoms. The first-order valence-electron chi connectivity index (χ1n) is 6.87. The van der Waals surface area contributed by atoms with Gasteiger partial charge in [0.25, 0.3) is 0 Å². The van der Waals surface area contributed by atoms with Gasteiger partial charge in [-0.05, 0) is 30.5 Å². The average Bonchev–Trinajstić information content (AvgIpc) is 2.48. The Morgan fingerprint density at radius 3 is 2.67 bits per heavy atom. The molecule has 1 unspecified atom stereocenters. The van der Waals surface area contributed by atoms with Crippen molar-refractivity contribution in [2.24, 2.45) is 5.16 Å². The van der Waals surface area contributed by atoms with Crippen LogP contribution in [-0.4, -0.2) is 16.8 Å². The zero-order valence-corrected chi connectivity index (χ0v) is 11.7. The van der Waals surface area contributed by atoms with Crippen molar-refractivity contribution in [1.82, 2.24) is 0 Å². The number of anilines is 1. The highest BCUT2D eigenvalue weighted by atomic mass is 16.4. The highest BCUT2D eigenvalue weighted by Gasteiger charge is 2.31. The van der Waals surface area contributed by atoms with Crippen molar-refractivity contribution in [3.8, 4) is 0 Å². The number of rotatable bonds is 3. The molecule has 0 radical (unpaired) electrons. The summed E-state index contributed by atoms with van der Waals surface area (Å²) in [4.78, 5) is 12.4. The zero-order valence-electron chi connectivity index (χ0n) is 11.7. The van der Waals surface area contributed by atoms with Crippen LogP contribution in [0.2, 0.25) is 0 Å². The molecule has 4 heteroatoms. The Hall–Kier alpha value is -2.62. The van der Waals surface area contributed by atoms with Crippen LogP contribution in [0.4, 0.5) is 5.69 Å². The van der Waals surface area contributed by atoms with Crippen molar-refractivity contribution in [2.75, 3.05) is 5.32 Å². The molecule has 0 spiro atoms. The van der Waals surface area contributed by atoms with Crippen LogP contribution in [0.25, 0.3) is 0 Å². The van der Waals surface area contributed by atoms with Crippen LogP contribution in [0.15, 0.2) is 53.7 Å². The molecule has 4 nitrogen and oxygen atoms in total. The lowest BCUT2D eigenvalue weighted by Gasteiger charge is -2.29. The Balaban J connectivity index is 1.81. The summed E-state index contributed by atoms with van der Waals surface area (Å²) in [6.07, 6.45) is 0.775.